The fourth-order valence-corrected chi connectivity index (χ4v) is 5.54. The quantitative estimate of drug-likeness (QED) is 0.423. The number of aromatic nitrogens is 5. The second-order valence-electron chi connectivity index (χ2n) is 9.20. The van der Waals surface area contributed by atoms with E-state index in [0.717, 1.165) is 41.7 Å². The average molecular weight is 463 g/mol. The van der Waals surface area contributed by atoms with Crippen LogP contribution in [0.4, 0.5) is 0 Å². The van der Waals surface area contributed by atoms with Crippen molar-refractivity contribution in [2.24, 2.45) is 0 Å². The number of nitrogens with one attached hydrogen (secondary N) is 1. The Morgan fingerprint density at radius 3 is 2.70 bits per heavy atom. The van der Waals surface area contributed by atoms with E-state index in [9.17, 15) is 4.79 Å². The van der Waals surface area contributed by atoms with Crippen LogP contribution in [0.3, 0.4) is 0 Å². The van der Waals surface area contributed by atoms with Crippen molar-refractivity contribution in [3.05, 3.63) is 73.5 Å². The van der Waals surface area contributed by atoms with Gasteiger partial charge in [0.1, 0.15) is 0 Å². The number of fused-ring (bicyclic) bond motifs is 1. The normalized spacial score (nSPS) is 15.0. The summed E-state index contributed by atoms with van der Waals surface area (Å²) in [5.74, 6) is 0.877. The van der Waals surface area contributed by atoms with Gasteiger partial charge in [-0.2, -0.15) is 0 Å². The molecular weight excluding hydrogens is 432 g/mol. The maximum Gasteiger partial charge on any atom is 0.252 e. The molecular formula is C25H30N6OS. The van der Waals surface area contributed by atoms with E-state index in [4.69, 9.17) is 0 Å². The van der Waals surface area contributed by atoms with Crippen LogP contribution in [0.5, 0.6) is 0 Å². The van der Waals surface area contributed by atoms with Gasteiger partial charge < -0.3 is 4.98 Å². The zero-order chi connectivity index (χ0) is 22.8. The first-order valence-corrected chi connectivity index (χ1v) is 12.6. The minimum Gasteiger partial charge on any atom is -0.322 e. The highest BCUT2D eigenvalue weighted by atomic mass is 32.1. The second kappa shape index (κ2) is 9.57. The summed E-state index contributed by atoms with van der Waals surface area (Å²) < 4.78 is 2.03. The predicted molar refractivity (Wildman–Crippen MR) is 131 cm³/mol. The van der Waals surface area contributed by atoms with Crippen LogP contribution in [-0.2, 0) is 19.6 Å². The number of pyridine rings is 1. The van der Waals surface area contributed by atoms with Crippen LogP contribution in [0.25, 0.3) is 10.9 Å². The lowest BCUT2D eigenvalue weighted by molar-refractivity contribution is 0.227. The molecule has 0 amide bonds. The molecule has 7 nitrogen and oxygen atoms in total. The van der Waals surface area contributed by atoms with Gasteiger partial charge in [0.05, 0.1) is 12.6 Å². The van der Waals surface area contributed by atoms with Crippen LogP contribution in [0.1, 0.15) is 65.5 Å². The number of H-pyrrole nitrogens is 1. The number of hydrogen-bond acceptors (Lipinski definition) is 6. The van der Waals surface area contributed by atoms with Crippen molar-refractivity contribution in [3.63, 3.8) is 0 Å². The van der Waals surface area contributed by atoms with Gasteiger partial charge in [-0.15, -0.1) is 16.4 Å². The van der Waals surface area contributed by atoms with Crippen molar-refractivity contribution < 1.29 is 0 Å². The smallest absolute Gasteiger partial charge is 0.252 e. The molecule has 33 heavy (non-hydrogen) atoms. The van der Waals surface area contributed by atoms with Gasteiger partial charge in [0, 0.05) is 29.0 Å². The topological polar surface area (TPSA) is 79.7 Å². The molecule has 0 bridgehead atoms. The van der Waals surface area contributed by atoms with Gasteiger partial charge in [0.2, 0.25) is 0 Å². The SMILES string of the molecule is Cc1cc2cc(CN(Cc3cccs3)Cc3nnnn3C3CCCCC3)c(=O)[nH]c2cc1C. The summed E-state index contributed by atoms with van der Waals surface area (Å²) in [6.45, 7) is 6.06. The number of rotatable bonds is 7. The van der Waals surface area contributed by atoms with E-state index in [1.165, 1.54) is 35.3 Å². The molecule has 3 heterocycles. The molecule has 0 aliphatic heterocycles. The molecule has 1 aromatic carbocycles. The lowest BCUT2D eigenvalue weighted by Crippen LogP contribution is -2.28. The van der Waals surface area contributed by atoms with Gasteiger partial charge in [-0.3, -0.25) is 9.69 Å². The number of aryl methyl sites for hydroxylation is 2. The molecule has 0 radical (unpaired) electrons. The first kappa shape index (κ1) is 22.0. The van der Waals surface area contributed by atoms with Crippen molar-refractivity contribution in [2.75, 3.05) is 0 Å². The Hall–Kier alpha value is -2.84. The van der Waals surface area contributed by atoms with Gasteiger partial charge in [-0.25, -0.2) is 4.68 Å². The lowest BCUT2D eigenvalue weighted by Gasteiger charge is -2.25. The Balaban J connectivity index is 1.44. The van der Waals surface area contributed by atoms with E-state index in [2.05, 4.69) is 68.9 Å². The van der Waals surface area contributed by atoms with Crippen LogP contribution in [0, 0.1) is 13.8 Å². The van der Waals surface area contributed by atoms with E-state index in [1.807, 2.05) is 10.7 Å². The van der Waals surface area contributed by atoms with Crippen LogP contribution in [0.15, 0.2) is 40.5 Å². The molecule has 0 saturated heterocycles. The van der Waals surface area contributed by atoms with Crippen molar-refractivity contribution in [3.8, 4) is 0 Å². The molecule has 3 aromatic heterocycles. The minimum atomic E-state index is -0.0335. The fraction of sp³-hybridized carbons (Fsp3) is 0.440. The minimum absolute atomic E-state index is 0.0335. The molecule has 4 aromatic rings. The third-order valence-corrected chi connectivity index (χ3v) is 7.60. The Labute approximate surface area is 197 Å². The molecule has 1 saturated carbocycles. The van der Waals surface area contributed by atoms with Gasteiger partial charge in [0.15, 0.2) is 5.82 Å². The Bertz CT molecular complexity index is 1290. The molecule has 1 fully saturated rings. The van der Waals surface area contributed by atoms with Crippen LogP contribution < -0.4 is 5.56 Å². The van der Waals surface area contributed by atoms with E-state index in [-0.39, 0.29) is 5.56 Å². The highest BCUT2D eigenvalue weighted by Gasteiger charge is 2.22. The summed E-state index contributed by atoms with van der Waals surface area (Å²) in [5, 5.41) is 15.9. The molecule has 1 aliphatic rings. The zero-order valence-electron chi connectivity index (χ0n) is 19.3. The predicted octanol–water partition coefficient (Wildman–Crippen LogP) is 4.90. The van der Waals surface area contributed by atoms with E-state index >= 15 is 0 Å². The van der Waals surface area contributed by atoms with E-state index in [0.29, 0.717) is 19.1 Å². The highest BCUT2D eigenvalue weighted by Crippen LogP contribution is 2.28. The van der Waals surface area contributed by atoms with Crippen molar-refractivity contribution in [1.29, 1.82) is 0 Å². The number of tetrazole rings is 1. The number of hydrogen-bond donors (Lipinski definition) is 1. The van der Waals surface area contributed by atoms with E-state index < -0.39 is 0 Å². The summed E-state index contributed by atoms with van der Waals surface area (Å²) >= 11 is 1.73. The van der Waals surface area contributed by atoms with Crippen molar-refractivity contribution in [1.82, 2.24) is 30.1 Å². The maximum atomic E-state index is 13.0. The largest absolute Gasteiger partial charge is 0.322 e. The van der Waals surface area contributed by atoms with E-state index in [1.54, 1.807) is 11.3 Å². The van der Waals surface area contributed by atoms with Gasteiger partial charge in [-0.1, -0.05) is 25.3 Å². The molecule has 8 heteroatoms. The standard InChI is InChI=1S/C25H30N6OS/c1-17-11-19-13-20(25(32)26-23(19)12-18(17)2)14-30(15-22-9-6-10-33-22)16-24-27-28-29-31(24)21-7-4-3-5-8-21/h6,9-13,21H,3-5,7-8,14-16H2,1-2H3,(H,26,32). The fourth-order valence-electron chi connectivity index (χ4n) is 4.80. The lowest BCUT2D eigenvalue weighted by atomic mass is 9.95. The van der Waals surface area contributed by atoms with Crippen LogP contribution in [-0.4, -0.2) is 30.1 Å². The average Bonchev–Trinajstić information content (AvgIpc) is 3.48. The molecule has 1 aliphatic carbocycles. The monoisotopic (exact) mass is 462 g/mol. The third kappa shape index (κ3) is 4.91. The van der Waals surface area contributed by atoms with Gasteiger partial charge >= 0.3 is 0 Å². The van der Waals surface area contributed by atoms with Crippen molar-refractivity contribution >= 4 is 22.2 Å². The molecule has 5 rings (SSSR count). The molecule has 1 N–H and O–H groups in total. The second-order valence-corrected chi connectivity index (χ2v) is 10.2. The summed E-state index contributed by atoms with van der Waals surface area (Å²) in [6, 6.07) is 10.8. The van der Waals surface area contributed by atoms with Crippen molar-refractivity contribution in [2.45, 2.75) is 71.6 Å². The third-order valence-electron chi connectivity index (χ3n) is 6.74. The first-order valence-electron chi connectivity index (χ1n) is 11.7. The van der Waals surface area contributed by atoms with Gasteiger partial charge in [-0.05, 0) is 83.3 Å². The number of benzene rings is 1. The number of thiophene rings is 1. The Kier molecular flexibility index (Phi) is 6.37. The molecule has 0 atom stereocenters. The maximum absolute atomic E-state index is 13.0. The molecule has 172 valence electrons. The zero-order valence-corrected chi connectivity index (χ0v) is 20.1. The van der Waals surface area contributed by atoms with Crippen LogP contribution in [0.2, 0.25) is 0 Å². The summed E-state index contributed by atoms with van der Waals surface area (Å²) in [6.07, 6.45) is 6.02. The number of aromatic amines is 1. The summed E-state index contributed by atoms with van der Waals surface area (Å²) in [7, 11) is 0. The molecule has 0 spiro atoms. The summed E-state index contributed by atoms with van der Waals surface area (Å²) in [5.41, 5.74) is 4.02. The first-order chi connectivity index (χ1) is 16.1. The summed E-state index contributed by atoms with van der Waals surface area (Å²) in [4.78, 5) is 19.6. The Morgan fingerprint density at radius 1 is 1.09 bits per heavy atom. The number of nitrogens with zero attached hydrogens (tertiary/aromatic N) is 5. The molecule has 0 unspecified atom stereocenters. The van der Waals surface area contributed by atoms with Crippen LogP contribution >= 0.6 is 11.3 Å². The Morgan fingerprint density at radius 2 is 1.91 bits per heavy atom. The van der Waals surface area contributed by atoms with Gasteiger partial charge in [0.25, 0.3) is 5.56 Å². The highest BCUT2D eigenvalue weighted by molar-refractivity contribution is 7.09.